The number of carbonyl (C=O) groups excluding carboxylic acids is 1. The van der Waals surface area contributed by atoms with Crippen molar-refractivity contribution in [3.05, 3.63) is 66.1 Å². The molecule has 0 saturated carbocycles. The largest absolute Gasteiger partial charge is 0.351 e. The number of rotatable bonds is 4. The third-order valence-corrected chi connectivity index (χ3v) is 3.48. The Labute approximate surface area is 130 Å². The van der Waals surface area contributed by atoms with Gasteiger partial charge in [-0.15, -0.1) is 12.4 Å². The number of fused-ring (bicyclic) bond motifs is 1. The van der Waals surface area contributed by atoms with Crippen LogP contribution < -0.4 is 0 Å². The van der Waals surface area contributed by atoms with Crippen LogP contribution in [-0.4, -0.2) is 15.3 Å². The summed E-state index contributed by atoms with van der Waals surface area (Å²) in [6.45, 7) is 0. The van der Waals surface area contributed by atoms with E-state index < -0.39 is 0 Å². The van der Waals surface area contributed by atoms with Gasteiger partial charge in [0.15, 0.2) is 0 Å². The topological polar surface area (TPSA) is 34.9 Å². The number of halogens is 1. The summed E-state index contributed by atoms with van der Waals surface area (Å²) < 4.78 is 2.08. The molecule has 2 heterocycles. The predicted molar refractivity (Wildman–Crippen MR) is 86.8 cm³/mol. The van der Waals surface area contributed by atoms with E-state index in [2.05, 4.69) is 27.8 Å². The molecule has 0 amide bonds. The highest BCUT2D eigenvalue weighted by Gasteiger charge is 2.07. The third kappa shape index (κ3) is 3.50. The Kier molecular flexibility index (Phi) is 4.76. The fourth-order valence-electron chi connectivity index (χ4n) is 2.46. The van der Waals surface area contributed by atoms with E-state index in [1.165, 1.54) is 10.9 Å². The molecule has 0 unspecified atom stereocenters. The smallest absolute Gasteiger partial charge is 0.141 e. The van der Waals surface area contributed by atoms with Crippen molar-refractivity contribution in [1.29, 1.82) is 0 Å². The molecular formula is C17H17ClN2O. The molecular weight excluding hydrogens is 284 g/mol. The number of hydrogen-bond acceptors (Lipinski definition) is 2. The van der Waals surface area contributed by atoms with E-state index in [4.69, 9.17) is 0 Å². The van der Waals surface area contributed by atoms with Gasteiger partial charge in [0.2, 0.25) is 0 Å². The van der Waals surface area contributed by atoms with Gasteiger partial charge in [0.1, 0.15) is 5.78 Å². The third-order valence-electron chi connectivity index (χ3n) is 3.48. The van der Waals surface area contributed by atoms with E-state index in [1.54, 1.807) is 12.4 Å². The zero-order chi connectivity index (χ0) is 13.9. The SMILES string of the molecule is Cl.Cn1ccc2cc(CC(=O)Cc3cccnc3)ccc21. The minimum Gasteiger partial charge on any atom is -0.351 e. The van der Waals surface area contributed by atoms with E-state index in [0.29, 0.717) is 12.8 Å². The lowest BCUT2D eigenvalue weighted by molar-refractivity contribution is -0.117. The standard InChI is InChI=1S/C17H16N2O.ClH/c1-19-8-6-15-9-13(4-5-17(15)19)10-16(20)11-14-3-2-7-18-12-14;/h2-9,12H,10-11H2,1H3;1H. The fraction of sp³-hybridized carbons (Fsp3) is 0.176. The molecule has 1 aromatic carbocycles. The normalized spacial score (nSPS) is 10.3. The van der Waals surface area contributed by atoms with Gasteiger partial charge in [-0.2, -0.15) is 0 Å². The Bertz CT molecular complexity index is 750. The molecule has 0 saturated heterocycles. The van der Waals surface area contributed by atoms with Crippen LogP contribution in [0.5, 0.6) is 0 Å². The minimum atomic E-state index is 0. The molecule has 2 aromatic heterocycles. The summed E-state index contributed by atoms with van der Waals surface area (Å²) in [4.78, 5) is 16.1. The highest BCUT2D eigenvalue weighted by atomic mass is 35.5. The first-order valence-electron chi connectivity index (χ1n) is 6.67. The van der Waals surface area contributed by atoms with Crippen molar-refractivity contribution >= 4 is 29.1 Å². The van der Waals surface area contributed by atoms with E-state index in [-0.39, 0.29) is 18.2 Å². The maximum atomic E-state index is 12.1. The zero-order valence-corrected chi connectivity index (χ0v) is 12.6. The molecule has 0 aliphatic heterocycles. The summed E-state index contributed by atoms with van der Waals surface area (Å²) in [5, 5.41) is 1.18. The van der Waals surface area contributed by atoms with Crippen LogP contribution in [0.3, 0.4) is 0 Å². The molecule has 0 bridgehead atoms. The van der Waals surface area contributed by atoms with Crippen LogP contribution in [0.1, 0.15) is 11.1 Å². The Hall–Kier alpha value is -2.13. The van der Waals surface area contributed by atoms with Crippen molar-refractivity contribution in [3.63, 3.8) is 0 Å². The number of hydrogen-bond donors (Lipinski definition) is 0. The molecule has 0 fully saturated rings. The molecule has 21 heavy (non-hydrogen) atoms. The van der Waals surface area contributed by atoms with Crippen molar-refractivity contribution in [2.24, 2.45) is 7.05 Å². The average molecular weight is 301 g/mol. The number of aryl methyl sites for hydroxylation is 1. The Morgan fingerprint density at radius 1 is 1.14 bits per heavy atom. The average Bonchev–Trinajstić information content (AvgIpc) is 2.81. The summed E-state index contributed by atoms with van der Waals surface area (Å²) in [7, 11) is 2.02. The fourth-order valence-corrected chi connectivity index (χ4v) is 2.46. The van der Waals surface area contributed by atoms with Gasteiger partial charge in [0.05, 0.1) is 0 Å². The number of benzene rings is 1. The van der Waals surface area contributed by atoms with Gasteiger partial charge in [-0.25, -0.2) is 0 Å². The van der Waals surface area contributed by atoms with Gasteiger partial charge < -0.3 is 4.57 Å². The number of ketones is 1. The minimum absolute atomic E-state index is 0. The lowest BCUT2D eigenvalue weighted by Crippen LogP contribution is -2.06. The first kappa shape index (κ1) is 15.3. The van der Waals surface area contributed by atoms with Crippen LogP contribution in [-0.2, 0) is 24.7 Å². The van der Waals surface area contributed by atoms with E-state index in [0.717, 1.165) is 11.1 Å². The maximum Gasteiger partial charge on any atom is 0.141 e. The molecule has 3 rings (SSSR count). The van der Waals surface area contributed by atoms with Crippen LogP contribution >= 0.6 is 12.4 Å². The molecule has 0 aliphatic rings. The summed E-state index contributed by atoms with van der Waals surface area (Å²) in [5.74, 6) is 0.216. The summed E-state index contributed by atoms with van der Waals surface area (Å²) in [6, 6.07) is 12.1. The van der Waals surface area contributed by atoms with Crippen molar-refractivity contribution in [3.8, 4) is 0 Å². The van der Waals surface area contributed by atoms with Crippen molar-refractivity contribution < 1.29 is 4.79 Å². The van der Waals surface area contributed by atoms with E-state index in [1.807, 2.05) is 31.4 Å². The molecule has 3 nitrogen and oxygen atoms in total. The monoisotopic (exact) mass is 300 g/mol. The van der Waals surface area contributed by atoms with Gasteiger partial charge in [-0.05, 0) is 40.8 Å². The molecule has 3 aromatic rings. The first-order valence-corrected chi connectivity index (χ1v) is 6.67. The van der Waals surface area contributed by atoms with Crippen LogP contribution in [0.2, 0.25) is 0 Å². The Morgan fingerprint density at radius 2 is 1.95 bits per heavy atom. The van der Waals surface area contributed by atoms with Crippen LogP contribution in [0.15, 0.2) is 55.0 Å². The quantitative estimate of drug-likeness (QED) is 0.740. The highest BCUT2D eigenvalue weighted by Crippen LogP contribution is 2.17. The number of aromatic nitrogens is 2. The molecule has 108 valence electrons. The lowest BCUT2D eigenvalue weighted by Gasteiger charge is -2.03. The van der Waals surface area contributed by atoms with Crippen molar-refractivity contribution in [2.75, 3.05) is 0 Å². The highest BCUT2D eigenvalue weighted by molar-refractivity contribution is 5.86. The molecule has 0 N–H and O–H groups in total. The lowest BCUT2D eigenvalue weighted by atomic mass is 10.0. The van der Waals surface area contributed by atoms with Crippen LogP contribution in [0, 0.1) is 0 Å². The van der Waals surface area contributed by atoms with E-state index >= 15 is 0 Å². The molecule has 0 aliphatic carbocycles. The van der Waals surface area contributed by atoms with Crippen molar-refractivity contribution in [1.82, 2.24) is 9.55 Å². The number of pyridine rings is 1. The second-order valence-corrected chi connectivity index (χ2v) is 5.07. The first-order chi connectivity index (χ1) is 9.72. The van der Waals surface area contributed by atoms with Gasteiger partial charge in [-0.1, -0.05) is 12.1 Å². The van der Waals surface area contributed by atoms with E-state index in [9.17, 15) is 4.79 Å². The van der Waals surface area contributed by atoms with Gasteiger partial charge >= 0.3 is 0 Å². The molecule has 0 spiro atoms. The Morgan fingerprint density at radius 3 is 2.71 bits per heavy atom. The molecule has 0 radical (unpaired) electrons. The maximum absolute atomic E-state index is 12.1. The summed E-state index contributed by atoms with van der Waals surface area (Å²) in [6.07, 6.45) is 6.42. The van der Waals surface area contributed by atoms with Gasteiger partial charge in [0.25, 0.3) is 0 Å². The zero-order valence-electron chi connectivity index (χ0n) is 11.8. The molecule has 4 heteroatoms. The second-order valence-electron chi connectivity index (χ2n) is 5.07. The number of carbonyl (C=O) groups is 1. The number of nitrogens with zero attached hydrogens (tertiary/aromatic N) is 2. The Balaban J connectivity index is 0.00000161. The van der Waals surface area contributed by atoms with Gasteiger partial charge in [0, 0.05) is 44.0 Å². The second kappa shape index (κ2) is 6.55. The number of Topliss-reactive ketones (excluding diaryl/α,β-unsaturated/α-hetero) is 1. The van der Waals surface area contributed by atoms with Crippen molar-refractivity contribution in [2.45, 2.75) is 12.8 Å². The predicted octanol–water partition coefficient (Wildman–Crippen LogP) is 3.35. The summed E-state index contributed by atoms with van der Waals surface area (Å²) in [5.41, 5.74) is 3.23. The van der Waals surface area contributed by atoms with Gasteiger partial charge in [-0.3, -0.25) is 9.78 Å². The molecule has 0 atom stereocenters. The van der Waals surface area contributed by atoms with Crippen LogP contribution in [0.25, 0.3) is 10.9 Å². The van der Waals surface area contributed by atoms with Crippen LogP contribution in [0.4, 0.5) is 0 Å². The summed E-state index contributed by atoms with van der Waals surface area (Å²) >= 11 is 0.